The van der Waals surface area contributed by atoms with Gasteiger partial charge in [-0.15, -0.1) is 0 Å². The molecule has 1 amide bonds. The predicted octanol–water partition coefficient (Wildman–Crippen LogP) is 0.113. The second-order valence-corrected chi connectivity index (χ2v) is 9.00. The van der Waals surface area contributed by atoms with Crippen LogP contribution in [0.1, 0.15) is 23.5 Å². The van der Waals surface area contributed by atoms with E-state index in [0.717, 1.165) is 13.1 Å². The third kappa shape index (κ3) is 8.81. The van der Waals surface area contributed by atoms with E-state index >= 15 is 0 Å². The maximum atomic E-state index is 12.3. The van der Waals surface area contributed by atoms with Crippen LogP contribution < -0.4 is 17.7 Å². The highest BCUT2D eigenvalue weighted by Crippen LogP contribution is 2.44. The molecule has 0 unspecified atom stereocenters. The fourth-order valence-electron chi connectivity index (χ4n) is 4.02. The number of rotatable bonds is 14. The van der Waals surface area contributed by atoms with Crippen molar-refractivity contribution >= 4 is 12.1 Å². The number of hydrogen-bond donors (Lipinski definition) is 2. The third-order valence-electron chi connectivity index (χ3n) is 6.00. The second kappa shape index (κ2) is 14.0. The van der Waals surface area contributed by atoms with Crippen molar-refractivity contribution in [1.82, 2.24) is 5.32 Å². The first-order valence-corrected chi connectivity index (χ1v) is 11.7. The average molecular weight is 507 g/mol. The van der Waals surface area contributed by atoms with Crippen molar-refractivity contribution in [3.63, 3.8) is 0 Å². The number of halogens is 1. The smallest absolute Gasteiger partial charge is 0.407 e. The highest BCUT2D eigenvalue weighted by molar-refractivity contribution is 5.79. The van der Waals surface area contributed by atoms with Crippen LogP contribution in [-0.2, 0) is 19.0 Å². The van der Waals surface area contributed by atoms with E-state index in [1.54, 1.807) is 0 Å². The van der Waals surface area contributed by atoms with Crippen LogP contribution in [0.25, 0.3) is 11.1 Å². The van der Waals surface area contributed by atoms with E-state index < -0.39 is 12.1 Å². The van der Waals surface area contributed by atoms with Gasteiger partial charge in [0.15, 0.2) is 0 Å². The van der Waals surface area contributed by atoms with Gasteiger partial charge in [-0.1, -0.05) is 48.5 Å². The normalized spacial score (nSPS) is 12.4. The van der Waals surface area contributed by atoms with E-state index in [-0.39, 0.29) is 31.4 Å². The quantitative estimate of drug-likeness (QED) is 0.279. The van der Waals surface area contributed by atoms with Gasteiger partial charge in [0.05, 0.1) is 60.0 Å². The minimum atomic E-state index is -0.869. The molecule has 0 bridgehead atoms. The van der Waals surface area contributed by atoms with Crippen molar-refractivity contribution in [2.75, 3.05) is 66.8 Å². The number of amides is 1. The molecule has 8 nitrogen and oxygen atoms in total. The molecule has 192 valence electrons. The summed E-state index contributed by atoms with van der Waals surface area (Å²) in [4.78, 5) is 22.7. The molecule has 0 heterocycles. The van der Waals surface area contributed by atoms with E-state index in [9.17, 15) is 9.59 Å². The van der Waals surface area contributed by atoms with E-state index in [1.165, 1.54) is 22.3 Å². The maximum Gasteiger partial charge on any atom is 0.407 e. The number of aliphatic carboxylic acids is 1. The molecule has 0 saturated carbocycles. The van der Waals surface area contributed by atoms with Crippen LogP contribution in [0.2, 0.25) is 0 Å². The van der Waals surface area contributed by atoms with Gasteiger partial charge in [-0.05, 0) is 22.3 Å². The van der Waals surface area contributed by atoms with Crippen LogP contribution in [0.5, 0.6) is 0 Å². The van der Waals surface area contributed by atoms with Gasteiger partial charge in [-0.3, -0.25) is 4.79 Å². The number of hydrogen-bond acceptors (Lipinski definition) is 5. The number of quaternary nitrogens is 1. The monoisotopic (exact) mass is 506 g/mol. The molecule has 9 heteroatoms. The number of nitrogens with zero attached hydrogens (tertiary/aromatic N) is 1. The Bertz CT molecular complexity index is 923. The summed E-state index contributed by atoms with van der Waals surface area (Å²) in [5, 5.41) is 11.4. The molecule has 1 aliphatic rings. The molecule has 0 aromatic heterocycles. The SMILES string of the molecule is C[N+](C)(CCNC(=O)OCC1c2ccccc2-c2ccccc21)CCOCCOCCC(=O)O.[Cl-]. The molecule has 2 N–H and O–H groups in total. The Balaban J connectivity index is 0.00000432. The summed E-state index contributed by atoms with van der Waals surface area (Å²) in [7, 11) is 4.15. The molecule has 0 radical (unpaired) electrons. The van der Waals surface area contributed by atoms with Gasteiger partial charge >= 0.3 is 12.1 Å². The number of carbonyl (C=O) groups is 2. The standard InChI is InChI=1S/C26H34N2O6.ClH/c1-28(2,14-16-33-18-17-32-15-11-25(29)30)13-12-27-26(31)34-19-24-22-9-5-3-7-20(22)21-8-4-6-10-23(21)24;/h3-10,24H,11-19H2,1-2H3,(H-,27,29,30,31);1H. The molecular weight excluding hydrogens is 472 g/mol. The summed E-state index contributed by atoms with van der Waals surface area (Å²) >= 11 is 0. The Labute approximate surface area is 213 Å². The molecule has 2 aromatic rings. The van der Waals surface area contributed by atoms with Crippen LogP contribution in [0.3, 0.4) is 0 Å². The number of carboxylic acid groups (broad SMARTS) is 1. The van der Waals surface area contributed by atoms with E-state index in [1.807, 2.05) is 24.3 Å². The lowest BCUT2D eigenvalue weighted by atomic mass is 9.98. The van der Waals surface area contributed by atoms with Crippen molar-refractivity contribution in [3.05, 3.63) is 59.7 Å². The van der Waals surface area contributed by atoms with Gasteiger partial charge in [-0.25, -0.2) is 4.79 Å². The summed E-state index contributed by atoms with van der Waals surface area (Å²) in [5.74, 6) is -0.817. The van der Waals surface area contributed by atoms with Crippen molar-refractivity contribution in [1.29, 1.82) is 0 Å². The molecule has 0 saturated heterocycles. The molecule has 0 aliphatic heterocycles. The number of likely N-dealkylation sites (N-methyl/N-ethyl adjacent to an activating group) is 1. The molecule has 1 aliphatic carbocycles. The number of fused-ring (bicyclic) bond motifs is 3. The highest BCUT2D eigenvalue weighted by Gasteiger charge is 2.29. The lowest BCUT2D eigenvalue weighted by Crippen LogP contribution is -3.00. The molecule has 0 fully saturated rings. The van der Waals surface area contributed by atoms with Crippen molar-refractivity contribution in [2.45, 2.75) is 12.3 Å². The van der Waals surface area contributed by atoms with Crippen molar-refractivity contribution in [3.8, 4) is 11.1 Å². The number of ether oxygens (including phenoxy) is 3. The molecule has 0 atom stereocenters. The largest absolute Gasteiger partial charge is 1.00 e. The first kappa shape index (κ1) is 28.6. The minimum Gasteiger partial charge on any atom is -1.00 e. The summed E-state index contributed by atoms with van der Waals surface area (Å²) in [6, 6.07) is 16.5. The first-order chi connectivity index (χ1) is 16.4. The summed E-state index contributed by atoms with van der Waals surface area (Å²) in [6.45, 7) is 3.89. The van der Waals surface area contributed by atoms with Crippen LogP contribution in [0.15, 0.2) is 48.5 Å². The van der Waals surface area contributed by atoms with E-state index in [0.29, 0.717) is 37.5 Å². The number of carboxylic acids is 1. The zero-order valence-corrected chi connectivity index (χ0v) is 21.1. The number of benzene rings is 2. The fraction of sp³-hybridized carbons (Fsp3) is 0.462. The summed E-state index contributed by atoms with van der Waals surface area (Å²) in [6.07, 6.45) is -0.405. The first-order valence-electron chi connectivity index (χ1n) is 11.7. The Hall–Kier alpha value is -2.65. The van der Waals surface area contributed by atoms with Crippen LogP contribution >= 0.6 is 0 Å². The average Bonchev–Trinajstić information content (AvgIpc) is 3.13. The molecule has 2 aromatic carbocycles. The van der Waals surface area contributed by atoms with Gasteiger partial charge in [0.25, 0.3) is 0 Å². The van der Waals surface area contributed by atoms with Crippen molar-refractivity contribution in [2.24, 2.45) is 0 Å². The second-order valence-electron chi connectivity index (χ2n) is 9.00. The number of nitrogens with one attached hydrogen (secondary N) is 1. The molecule has 3 rings (SSSR count). The van der Waals surface area contributed by atoms with Gasteiger partial charge in [0.2, 0.25) is 0 Å². The Morgan fingerprint density at radius 3 is 2.06 bits per heavy atom. The topological polar surface area (TPSA) is 94.1 Å². The van der Waals surface area contributed by atoms with Gasteiger partial charge < -0.3 is 41.5 Å². The third-order valence-corrected chi connectivity index (χ3v) is 6.00. The summed E-state index contributed by atoms with van der Waals surface area (Å²) < 4.78 is 17.0. The number of carbonyl (C=O) groups excluding carboxylic acids is 1. The van der Waals surface area contributed by atoms with E-state index in [2.05, 4.69) is 43.7 Å². The molecule has 0 spiro atoms. The zero-order valence-electron chi connectivity index (χ0n) is 20.4. The van der Waals surface area contributed by atoms with Crippen LogP contribution in [0, 0.1) is 0 Å². The van der Waals surface area contributed by atoms with Crippen molar-refractivity contribution < 1.29 is 45.8 Å². The molecular formula is C26H35ClN2O6. The zero-order chi connectivity index (χ0) is 24.4. The predicted molar refractivity (Wildman–Crippen MR) is 129 cm³/mol. The van der Waals surface area contributed by atoms with Crippen LogP contribution in [-0.4, -0.2) is 88.4 Å². The fourth-order valence-corrected chi connectivity index (χ4v) is 4.02. The lowest BCUT2D eigenvalue weighted by molar-refractivity contribution is -0.889. The van der Waals surface area contributed by atoms with Gasteiger partial charge in [0.1, 0.15) is 13.2 Å². The summed E-state index contributed by atoms with van der Waals surface area (Å²) in [5.41, 5.74) is 4.81. The Morgan fingerprint density at radius 1 is 0.886 bits per heavy atom. The van der Waals surface area contributed by atoms with E-state index in [4.69, 9.17) is 19.3 Å². The van der Waals surface area contributed by atoms with Crippen LogP contribution in [0.4, 0.5) is 4.79 Å². The Morgan fingerprint density at radius 2 is 1.46 bits per heavy atom. The minimum absolute atomic E-state index is 0. The van der Waals surface area contributed by atoms with Gasteiger partial charge in [-0.2, -0.15) is 0 Å². The molecule has 35 heavy (non-hydrogen) atoms. The van der Waals surface area contributed by atoms with Gasteiger partial charge in [0, 0.05) is 5.92 Å². The highest BCUT2D eigenvalue weighted by atomic mass is 35.5. The Kier molecular flexibility index (Phi) is 11.5. The maximum absolute atomic E-state index is 12.3. The lowest BCUT2D eigenvalue weighted by Gasteiger charge is -2.29. The number of alkyl carbamates (subject to hydrolysis) is 1.